The van der Waals surface area contributed by atoms with Gasteiger partial charge in [-0.25, -0.2) is 0 Å². The quantitative estimate of drug-likeness (QED) is 0.341. The highest BCUT2D eigenvalue weighted by molar-refractivity contribution is 5.84. The molecule has 0 amide bonds. The number of carbonyl (C=O) groups is 4. The third kappa shape index (κ3) is 5.74. The number of hydrogen-bond acceptors (Lipinski definition) is 8. The van der Waals surface area contributed by atoms with Crippen LogP contribution in [0, 0.1) is 17.3 Å². The molecule has 0 fully saturated rings. The Labute approximate surface area is 182 Å². The van der Waals surface area contributed by atoms with Gasteiger partial charge >= 0.3 is 23.9 Å². The van der Waals surface area contributed by atoms with Crippen molar-refractivity contribution in [1.29, 1.82) is 0 Å². The van der Waals surface area contributed by atoms with Crippen LogP contribution < -0.4 is 0 Å². The van der Waals surface area contributed by atoms with Crippen LogP contribution in [0.15, 0.2) is 22.8 Å². The molecular weight excluding hydrogens is 404 g/mol. The zero-order valence-electron chi connectivity index (χ0n) is 18.9. The van der Waals surface area contributed by atoms with E-state index in [0.717, 1.165) is 16.7 Å². The number of carbonyl (C=O) groups excluding carboxylic acids is 4. The Bertz CT molecular complexity index is 793. The van der Waals surface area contributed by atoms with E-state index in [9.17, 15) is 19.2 Å². The lowest BCUT2D eigenvalue weighted by atomic mass is 9.69. The van der Waals surface area contributed by atoms with E-state index >= 15 is 0 Å². The van der Waals surface area contributed by atoms with Crippen LogP contribution in [-0.4, -0.2) is 51.8 Å². The highest BCUT2D eigenvalue weighted by Gasteiger charge is 2.45. The SMILES string of the molecule is COC(=O)CC1(C(=O)OC)CCC(C)=C(COC(=O)C2CC(C)=CCC2C(=O)OC)C1. The molecule has 8 heteroatoms. The summed E-state index contributed by atoms with van der Waals surface area (Å²) in [5, 5.41) is 0. The highest BCUT2D eigenvalue weighted by atomic mass is 16.5. The Balaban J connectivity index is 2.14. The largest absolute Gasteiger partial charge is 0.469 e. The molecule has 0 N–H and O–H groups in total. The maximum absolute atomic E-state index is 12.9. The van der Waals surface area contributed by atoms with E-state index in [-0.39, 0.29) is 19.4 Å². The molecule has 0 bridgehead atoms. The van der Waals surface area contributed by atoms with Gasteiger partial charge in [-0.1, -0.05) is 17.2 Å². The lowest BCUT2D eigenvalue weighted by Gasteiger charge is -2.35. The topological polar surface area (TPSA) is 105 Å². The van der Waals surface area contributed by atoms with E-state index in [1.807, 2.05) is 19.9 Å². The Morgan fingerprint density at radius 3 is 2.32 bits per heavy atom. The molecule has 2 aliphatic carbocycles. The van der Waals surface area contributed by atoms with Gasteiger partial charge in [0, 0.05) is 0 Å². The molecule has 0 saturated carbocycles. The van der Waals surface area contributed by atoms with Crippen LogP contribution in [0.25, 0.3) is 0 Å². The third-order valence-corrected chi connectivity index (χ3v) is 6.41. The van der Waals surface area contributed by atoms with Crippen molar-refractivity contribution in [3.05, 3.63) is 22.8 Å². The smallest absolute Gasteiger partial charge is 0.312 e. The monoisotopic (exact) mass is 436 g/mol. The molecule has 2 aliphatic rings. The maximum Gasteiger partial charge on any atom is 0.312 e. The van der Waals surface area contributed by atoms with Crippen molar-refractivity contribution in [3.63, 3.8) is 0 Å². The predicted molar refractivity (Wildman–Crippen MR) is 111 cm³/mol. The molecular formula is C23H32O8. The number of hydrogen-bond donors (Lipinski definition) is 0. The summed E-state index contributed by atoms with van der Waals surface area (Å²) >= 11 is 0. The second-order valence-corrected chi connectivity index (χ2v) is 8.42. The zero-order chi connectivity index (χ0) is 23.2. The van der Waals surface area contributed by atoms with Crippen LogP contribution in [0.3, 0.4) is 0 Å². The van der Waals surface area contributed by atoms with Crippen molar-refractivity contribution in [2.75, 3.05) is 27.9 Å². The summed E-state index contributed by atoms with van der Waals surface area (Å²) in [5.74, 6) is -3.05. The van der Waals surface area contributed by atoms with Crippen molar-refractivity contribution in [2.24, 2.45) is 17.3 Å². The van der Waals surface area contributed by atoms with Gasteiger partial charge in [0.1, 0.15) is 6.61 Å². The molecule has 0 heterocycles. The van der Waals surface area contributed by atoms with E-state index in [2.05, 4.69) is 0 Å². The van der Waals surface area contributed by atoms with Crippen LogP contribution >= 0.6 is 0 Å². The summed E-state index contributed by atoms with van der Waals surface area (Å²) in [6, 6.07) is 0. The van der Waals surface area contributed by atoms with Gasteiger partial charge in [0.05, 0.1) is 45.0 Å². The summed E-state index contributed by atoms with van der Waals surface area (Å²) in [6.45, 7) is 3.84. The molecule has 3 atom stereocenters. The molecule has 0 spiro atoms. The Morgan fingerprint density at radius 2 is 1.71 bits per heavy atom. The van der Waals surface area contributed by atoms with Crippen LogP contribution in [0.2, 0.25) is 0 Å². The molecule has 0 aliphatic heterocycles. The van der Waals surface area contributed by atoms with Crippen molar-refractivity contribution in [2.45, 2.75) is 52.4 Å². The molecule has 0 saturated heterocycles. The minimum Gasteiger partial charge on any atom is -0.469 e. The fraction of sp³-hybridized carbons (Fsp3) is 0.652. The first-order valence-corrected chi connectivity index (χ1v) is 10.4. The molecule has 0 aromatic rings. The molecule has 8 nitrogen and oxygen atoms in total. The highest BCUT2D eigenvalue weighted by Crippen LogP contribution is 2.43. The average molecular weight is 437 g/mol. The fourth-order valence-electron chi connectivity index (χ4n) is 4.38. The van der Waals surface area contributed by atoms with E-state index in [1.54, 1.807) is 0 Å². The standard InChI is InChI=1S/C23H32O8/c1-14-6-7-17(20(25)29-4)18(10-14)21(26)31-13-16-11-23(22(27)30-5,9-8-15(16)2)12-19(24)28-3/h6,17-18H,7-13H2,1-5H3. The maximum atomic E-state index is 12.9. The number of ether oxygens (including phenoxy) is 4. The summed E-state index contributed by atoms with van der Waals surface area (Å²) in [6.07, 6.45) is 3.99. The summed E-state index contributed by atoms with van der Waals surface area (Å²) in [5.41, 5.74) is 1.79. The van der Waals surface area contributed by atoms with Gasteiger partial charge in [-0.2, -0.15) is 0 Å². The van der Waals surface area contributed by atoms with Gasteiger partial charge in [-0.3, -0.25) is 19.2 Å². The molecule has 0 radical (unpaired) electrons. The molecule has 3 unspecified atom stereocenters. The molecule has 0 aromatic carbocycles. The van der Waals surface area contributed by atoms with E-state index < -0.39 is 41.1 Å². The van der Waals surface area contributed by atoms with Crippen LogP contribution in [-0.2, 0) is 38.1 Å². The first kappa shape index (κ1) is 24.6. The molecule has 0 aromatic heterocycles. The molecule has 31 heavy (non-hydrogen) atoms. The van der Waals surface area contributed by atoms with Crippen molar-refractivity contribution in [3.8, 4) is 0 Å². The van der Waals surface area contributed by atoms with E-state index in [1.165, 1.54) is 21.3 Å². The fourth-order valence-corrected chi connectivity index (χ4v) is 4.38. The number of rotatable bonds is 7. The number of esters is 4. The third-order valence-electron chi connectivity index (χ3n) is 6.41. The van der Waals surface area contributed by atoms with Gasteiger partial charge < -0.3 is 18.9 Å². The first-order chi connectivity index (χ1) is 14.7. The van der Waals surface area contributed by atoms with Gasteiger partial charge in [0.2, 0.25) is 0 Å². The lowest BCUT2D eigenvalue weighted by molar-refractivity contribution is -0.161. The van der Waals surface area contributed by atoms with Gasteiger partial charge in [-0.05, 0) is 51.5 Å². The Morgan fingerprint density at radius 1 is 1.00 bits per heavy atom. The minimum absolute atomic E-state index is 0.00224. The van der Waals surface area contributed by atoms with Gasteiger partial charge in [0.25, 0.3) is 0 Å². The molecule has 2 rings (SSSR count). The normalized spacial score (nSPS) is 25.9. The first-order valence-electron chi connectivity index (χ1n) is 10.4. The summed E-state index contributed by atoms with van der Waals surface area (Å²) in [4.78, 5) is 49.5. The second kappa shape index (κ2) is 10.6. The van der Waals surface area contributed by atoms with Crippen molar-refractivity contribution in [1.82, 2.24) is 0 Å². The zero-order valence-corrected chi connectivity index (χ0v) is 18.9. The van der Waals surface area contributed by atoms with Crippen LogP contribution in [0.4, 0.5) is 0 Å². The van der Waals surface area contributed by atoms with Crippen LogP contribution in [0.1, 0.15) is 52.4 Å². The van der Waals surface area contributed by atoms with Crippen molar-refractivity contribution >= 4 is 23.9 Å². The Kier molecular flexibility index (Phi) is 8.42. The van der Waals surface area contributed by atoms with Gasteiger partial charge in [-0.15, -0.1) is 0 Å². The average Bonchev–Trinajstić information content (AvgIpc) is 2.77. The van der Waals surface area contributed by atoms with E-state index in [4.69, 9.17) is 18.9 Å². The second-order valence-electron chi connectivity index (χ2n) is 8.42. The molecule has 172 valence electrons. The number of methoxy groups -OCH3 is 3. The van der Waals surface area contributed by atoms with Crippen LogP contribution in [0.5, 0.6) is 0 Å². The minimum atomic E-state index is -1.04. The van der Waals surface area contributed by atoms with Crippen molar-refractivity contribution < 1.29 is 38.1 Å². The summed E-state index contributed by atoms with van der Waals surface area (Å²) < 4.78 is 20.2. The van der Waals surface area contributed by atoms with E-state index in [0.29, 0.717) is 25.7 Å². The number of allylic oxidation sites excluding steroid dienone is 3. The Hall–Kier alpha value is -2.64. The predicted octanol–water partition coefficient (Wildman–Crippen LogP) is 2.90. The lowest BCUT2D eigenvalue weighted by Crippen LogP contribution is -2.39. The van der Waals surface area contributed by atoms with Gasteiger partial charge in [0.15, 0.2) is 0 Å². The summed E-state index contributed by atoms with van der Waals surface area (Å²) in [7, 11) is 3.87.